The minimum absolute atomic E-state index is 0.283. The fourth-order valence-electron chi connectivity index (χ4n) is 3.77. The molecule has 0 saturated carbocycles. The van der Waals surface area contributed by atoms with Gasteiger partial charge in [-0.15, -0.1) is 0 Å². The molecule has 0 saturated heterocycles. The van der Waals surface area contributed by atoms with Crippen molar-refractivity contribution in [3.8, 4) is 11.5 Å². The second-order valence-electron chi connectivity index (χ2n) is 10.5. The number of hydrogen-bond acceptors (Lipinski definition) is 1. The largest absolute Gasteiger partial charge is 0.455 e. The number of ether oxygens (including phenoxy) is 1. The van der Waals surface area contributed by atoms with E-state index in [4.69, 9.17) is 4.74 Å². The van der Waals surface area contributed by atoms with Crippen molar-refractivity contribution in [3.05, 3.63) is 47.5 Å². The van der Waals surface area contributed by atoms with Crippen LogP contribution in [0.25, 0.3) is 0 Å². The van der Waals surface area contributed by atoms with Crippen molar-refractivity contribution < 1.29 is 4.74 Å². The molecule has 1 aliphatic heterocycles. The predicted octanol–water partition coefficient (Wildman–Crippen LogP) is 7.45. The molecule has 0 bridgehead atoms. The van der Waals surface area contributed by atoms with E-state index in [1.807, 2.05) is 0 Å². The Hall–Kier alpha value is -1.41. The van der Waals surface area contributed by atoms with Gasteiger partial charge in [0.25, 0.3) is 0 Å². The predicted molar refractivity (Wildman–Crippen MR) is 115 cm³/mol. The summed E-state index contributed by atoms with van der Waals surface area (Å²) in [7, 11) is -1.06. The number of rotatable bonds is 2. The summed E-state index contributed by atoms with van der Waals surface area (Å²) in [6.07, 6.45) is 6.96. The Balaban J connectivity index is 2.00. The molecule has 0 N–H and O–H groups in total. The summed E-state index contributed by atoms with van der Waals surface area (Å²) in [6, 6.07) is 13.7. The van der Waals surface area contributed by atoms with Gasteiger partial charge in [-0.3, -0.25) is 0 Å². The molecule has 3 rings (SSSR count). The highest BCUT2D eigenvalue weighted by atomic mass is 32.3. The van der Waals surface area contributed by atoms with E-state index in [0.29, 0.717) is 5.41 Å². The molecule has 2 aromatic rings. The number of benzene rings is 2. The summed E-state index contributed by atoms with van der Waals surface area (Å²) in [4.78, 5) is 2.76. The van der Waals surface area contributed by atoms with Crippen molar-refractivity contribution >= 4 is 10.0 Å². The zero-order valence-electron chi connectivity index (χ0n) is 17.7. The molecule has 0 aromatic heterocycles. The van der Waals surface area contributed by atoms with Gasteiger partial charge in [-0.2, -0.15) is 10.0 Å². The maximum Gasteiger partial charge on any atom is 0.140 e. The highest BCUT2D eigenvalue weighted by Crippen LogP contribution is 2.66. The van der Waals surface area contributed by atoms with Crippen LogP contribution in [0, 0.1) is 10.8 Å². The van der Waals surface area contributed by atoms with Gasteiger partial charge in [0, 0.05) is 9.79 Å². The van der Waals surface area contributed by atoms with Crippen LogP contribution in [0.4, 0.5) is 0 Å². The SMILES string of the molecule is CC(C)(C)Cc1ccc2c(c1)Oc1ccc(CC(C)(C)C)cc1S2(C)C. The highest BCUT2D eigenvalue weighted by Gasteiger charge is 2.31. The van der Waals surface area contributed by atoms with Crippen LogP contribution >= 0.6 is 10.0 Å². The normalized spacial score (nSPS) is 17.1. The van der Waals surface area contributed by atoms with E-state index in [9.17, 15) is 0 Å². The summed E-state index contributed by atoms with van der Waals surface area (Å²) >= 11 is 0. The monoisotopic (exact) mass is 370 g/mol. The first-order valence-electron chi connectivity index (χ1n) is 9.52. The van der Waals surface area contributed by atoms with Gasteiger partial charge < -0.3 is 4.74 Å². The summed E-state index contributed by atoms with van der Waals surface area (Å²) in [5.74, 6) is 2.10. The van der Waals surface area contributed by atoms with Crippen LogP contribution in [0.1, 0.15) is 52.7 Å². The van der Waals surface area contributed by atoms with E-state index in [-0.39, 0.29) is 5.41 Å². The molecule has 142 valence electrons. The Morgan fingerprint density at radius 2 is 1.23 bits per heavy atom. The lowest BCUT2D eigenvalue weighted by molar-refractivity contribution is 0.406. The van der Waals surface area contributed by atoms with E-state index in [1.54, 1.807) is 0 Å². The third-order valence-electron chi connectivity index (χ3n) is 4.80. The van der Waals surface area contributed by atoms with Crippen LogP contribution in [-0.2, 0) is 12.8 Å². The van der Waals surface area contributed by atoms with Crippen LogP contribution < -0.4 is 4.74 Å². The lowest BCUT2D eigenvalue weighted by atomic mass is 9.88. The molecule has 0 atom stereocenters. The zero-order valence-corrected chi connectivity index (χ0v) is 18.5. The average Bonchev–Trinajstić information content (AvgIpc) is 2.44. The Morgan fingerprint density at radius 3 is 1.81 bits per heavy atom. The van der Waals surface area contributed by atoms with Crippen LogP contribution in [-0.4, -0.2) is 12.5 Å². The fraction of sp³-hybridized carbons (Fsp3) is 0.500. The molecule has 0 amide bonds. The Labute approximate surface area is 161 Å². The van der Waals surface area contributed by atoms with Gasteiger partial charge in [-0.05, 0) is 71.6 Å². The minimum atomic E-state index is -1.06. The van der Waals surface area contributed by atoms with Crippen molar-refractivity contribution in [2.75, 3.05) is 12.5 Å². The topological polar surface area (TPSA) is 9.23 Å². The standard InChI is InChI=1S/C24H34OS/c1-23(2,3)15-17-10-12-21-20(13-17)25-19-11-9-18(16-24(4,5)6)14-22(19)26(21,7)8/h9-14H,15-16H2,1-8H3. The molecule has 0 unspecified atom stereocenters. The van der Waals surface area contributed by atoms with E-state index in [0.717, 1.165) is 24.3 Å². The van der Waals surface area contributed by atoms with Gasteiger partial charge in [0.05, 0.1) is 0 Å². The molecule has 0 radical (unpaired) electrons. The Morgan fingerprint density at radius 1 is 0.692 bits per heavy atom. The molecular formula is C24H34OS. The molecule has 1 nitrogen and oxygen atoms in total. The molecule has 2 heteroatoms. The Kier molecular flexibility index (Phi) is 4.72. The first kappa shape index (κ1) is 19.4. The summed E-state index contributed by atoms with van der Waals surface area (Å²) in [5, 5.41) is 0. The second kappa shape index (κ2) is 6.34. The molecule has 26 heavy (non-hydrogen) atoms. The third kappa shape index (κ3) is 4.11. The van der Waals surface area contributed by atoms with Crippen molar-refractivity contribution in [1.29, 1.82) is 0 Å². The quantitative estimate of drug-likeness (QED) is 0.533. The third-order valence-corrected chi connectivity index (χ3v) is 7.66. The minimum Gasteiger partial charge on any atom is -0.455 e. The first-order valence-corrected chi connectivity index (χ1v) is 12.0. The van der Waals surface area contributed by atoms with Gasteiger partial charge in [0.2, 0.25) is 0 Å². The van der Waals surface area contributed by atoms with Gasteiger partial charge in [-0.25, -0.2) is 0 Å². The maximum atomic E-state index is 6.37. The van der Waals surface area contributed by atoms with E-state index in [2.05, 4.69) is 90.5 Å². The van der Waals surface area contributed by atoms with E-state index >= 15 is 0 Å². The Bertz CT molecular complexity index is 819. The van der Waals surface area contributed by atoms with Crippen molar-refractivity contribution in [2.24, 2.45) is 10.8 Å². The summed E-state index contributed by atoms with van der Waals surface area (Å²) < 4.78 is 6.37. The molecule has 0 aliphatic carbocycles. The van der Waals surface area contributed by atoms with E-state index < -0.39 is 10.0 Å². The van der Waals surface area contributed by atoms with Crippen molar-refractivity contribution in [1.82, 2.24) is 0 Å². The highest BCUT2D eigenvalue weighted by molar-refractivity contribution is 8.32. The summed E-state index contributed by atoms with van der Waals surface area (Å²) in [6.45, 7) is 13.8. The molecule has 0 fully saturated rings. The van der Waals surface area contributed by atoms with E-state index in [1.165, 1.54) is 20.9 Å². The molecule has 2 aromatic carbocycles. The van der Waals surface area contributed by atoms with Gasteiger partial charge >= 0.3 is 0 Å². The summed E-state index contributed by atoms with van der Waals surface area (Å²) in [5.41, 5.74) is 3.35. The van der Waals surface area contributed by atoms with Gasteiger partial charge in [-0.1, -0.05) is 53.7 Å². The smallest absolute Gasteiger partial charge is 0.140 e. The molecule has 1 aliphatic rings. The first-order chi connectivity index (χ1) is 11.9. The number of fused-ring (bicyclic) bond motifs is 2. The lowest BCUT2D eigenvalue weighted by Crippen LogP contribution is -2.13. The van der Waals surface area contributed by atoms with Gasteiger partial charge in [0.15, 0.2) is 0 Å². The van der Waals surface area contributed by atoms with Crippen molar-refractivity contribution in [2.45, 2.75) is 64.2 Å². The fourth-order valence-corrected chi connectivity index (χ4v) is 6.08. The van der Waals surface area contributed by atoms with Crippen molar-refractivity contribution in [3.63, 3.8) is 0 Å². The van der Waals surface area contributed by atoms with Gasteiger partial charge in [0.1, 0.15) is 11.5 Å². The maximum absolute atomic E-state index is 6.37. The van der Waals surface area contributed by atoms with Crippen LogP contribution in [0.2, 0.25) is 0 Å². The van der Waals surface area contributed by atoms with Crippen LogP contribution in [0.3, 0.4) is 0 Å². The molecule has 0 spiro atoms. The number of hydrogen-bond donors (Lipinski definition) is 0. The zero-order chi connectivity index (χ0) is 19.3. The lowest BCUT2D eigenvalue weighted by Gasteiger charge is -2.39. The molecule has 1 heterocycles. The van der Waals surface area contributed by atoms with Crippen LogP contribution in [0.5, 0.6) is 11.5 Å². The molecular weight excluding hydrogens is 336 g/mol. The second-order valence-corrected chi connectivity index (χ2v) is 14.0. The average molecular weight is 371 g/mol. The van der Waals surface area contributed by atoms with Crippen LogP contribution in [0.15, 0.2) is 46.2 Å².